The lowest BCUT2D eigenvalue weighted by Crippen LogP contribution is -2.23. The van der Waals surface area contributed by atoms with Gasteiger partial charge in [-0.25, -0.2) is 13.1 Å². The predicted molar refractivity (Wildman–Crippen MR) is 120 cm³/mol. The van der Waals surface area contributed by atoms with Gasteiger partial charge in [0.2, 0.25) is 15.9 Å². The van der Waals surface area contributed by atoms with Gasteiger partial charge in [-0.2, -0.15) is 0 Å². The van der Waals surface area contributed by atoms with Crippen LogP contribution < -0.4 is 10.0 Å². The molecule has 0 unspecified atom stereocenters. The Labute approximate surface area is 186 Å². The van der Waals surface area contributed by atoms with E-state index in [0.717, 1.165) is 19.3 Å². The largest absolute Gasteiger partial charge is 0.468 e. The second-order valence-electron chi connectivity index (χ2n) is 7.74. The average Bonchev–Trinajstić information content (AvgIpc) is 3.47. The van der Waals surface area contributed by atoms with E-state index in [1.54, 1.807) is 24.3 Å². The van der Waals surface area contributed by atoms with Crippen LogP contribution in [0.3, 0.4) is 0 Å². The number of fused-ring (bicyclic) bond motifs is 1. The fourth-order valence-corrected chi connectivity index (χ4v) is 4.78. The highest BCUT2D eigenvalue weighted by atomic mass is 32.2. The molecule has 0 radical (unpaired) electrons. The number of Topliss-reactive ketones (excluding diaryl/α,β-unsaturated/α-hetero) is 1. The van der Waals surface area contributed by atoms with Crippen molar-refractivity contribution in [1.29, 1.82) is 0 Å². The highest BCUT2D eigenvalue weighted by Gasteiger charge is 2.17. The van der Waals surface area contributed by atoms with E-state index >= 15 is 0 Å². The first-order chi connectivity index (χ1) is 15.4. The van der Waals surface area contributed by atoms with Crippen LogP contribution in [0.2, 0.25) is 0 Å². The molecule has 2 N–H and O–H groups in total. The summed E-state index contributed by atoms with van der Waals surface area (Å²) < 4.78 is 32.6. The standard InChI is InChI=1S/C24H24N2O5S/c27-23(19-10-9-17-4-1-5-18(17)14-19)11-12-24(28)26-20-6-2-8-22(15-20)32(29,30)25-16-21-7-3-13-31-21/h2-3,6-10,13-15,25H,1,4-5,11-12,16H2,(H,26,28). The van der Waals surface area contributed by atoms with Crippen molar-refractivity contribution >= 4 is 27.4 Å². The first-order valence-electron chi connectivity index (χ1n) is 10.5. The third-order valence-electron chi connectivity index (χ3n) is 5.44. The van der Waals surface area contributed by atoms with Crippen molar-refractivity contribution < 1.29 is 22.4 Å². The number of sulfonamides is 1. The first kappa shape index (κ1) is 22.0. The summed E-state index contributed by atoms with van der Waals surface area (Å²) in [4.78, 5) is 24.8. The van der Waals surface area contributed by atoms with E-state index in [0.29, 0.717) is 17.0 Å². The van der Waals surface area contributed by atoms with Crippen molar-refractivity contribution in [3.8, 4) is 0 Å². The second kappa shape index (κ2) is 9.50. The topological polar surface area (TPSA) is 105 Å². The Morgan fingerprint density at radius 2 is 1.78 bits per heavy atom. The molecule has 32 heavy (non-hydrogen) atoms. The average molecular weight is 453 g/mol. The molecule has 1 aliphatic rings. The lowest BCUT2D eigenvalue weighted by Gasteiger charge is -2.09. The third-order valence-corrected chi connectivity index (χ3v) is 6.84. The van der Waals surface area contributed by atoms with E-state index < -0.39 is 10.0 Å². The van der Waals surface area contributed by atoms with Gasteiger partial charge in [0.25, 0.3) is 0 Å². The van der Waals surface area contributed by atoms with Crippen molar-refractivity contribution in [3.63, 3.8) is 0 Å². The summed E-state index contributed by atoms with van der Waals surface area (Å²) in [5, 5.41) is 2.67. The number of furan rings is 1. The molecule has 1 aromatic heterocycles. The summed E-state index contributed by atoms with van der Waals surface area (Å²) in [7, 11) is -3.78. The maximum atomic E-state index is 12.5. The van der Waals surface area contributed by atoms with Gasteiger partial charge in [0.15, 0.2) is 5.78 Å². The number of aryl methyl sites for hydroxylation is 2. The molecule has 0 saturated carbocycles. The minimum atomic E-state index is -3.78. The number of hydrogen-bond donors (Lipinski definition) is 2. The lowest BCUT2D eigenvalue weighted by atomic mass is 10.0. The predicted octanol–water partition coefficient (Wildman–Crippen LogP) is 3.85. The minimum absolute atomic E-state index is 0.0175. The highest BCUT2D eigenvalue weighted by Crippen LogP contribution is 2.23. The Morgan fingerprint density at radius 3 is 2.59 bits per heavy atom. The third kappa shape index (κ3) is 5.33. The van der Waals surface area contributed by atoms with Crippen LogP contribution in [0.5, 0.6) is 0 Å². The summed E-state index contributed by atoms with van der Waals surface area (Å²) in [6.07, 6.45) is 4.74. The van der Waals surface area contributed by atoms with Gasteiger partial charge in [0.05, 0.1) is 17.7 Å². The smallest absolute Gasteiger partial charge is 0.241 e. The fraction of sp³-hybridized carbons (Fsp3) is 0.250. The molecule has 7 nitrogen and oxygen atoms in total. The van der Waals surface area contributed by atoms with Crippen LogP contribution in [-0.2, 0) is 34.2 Å². The number of ketones is 1. The Hall–Kier alpha value is -3.23. The van der Waals surface area contributed by atoms with Gasteiger partial charge in [-0.1, -0.05) is 18.2 Å². The van der Waals surface area contributed by atoms with Gasteiger partial charge in [0, 0.05) is 24.1 Å². The van der Waals surface area contributed by atoms with Gasteiger partial charge in [0.1, 0.15) is 5.76 Å². The monoisotopic (exact) mass is 452 g/mol. The van der Waals surface area contributed by atoms with E-state index in [1.165, 1.54) is 29.5 Å². The molecule has 0 saturated heterocycles. The van der Waals surface area contributed by atoms with Gasteiger partial charge in [-0.3, -0.25) is 9.59 Å². The Morgan fingerprint density at radius 1 is 0.938 bits per heavy atom. The molecular formula is C24H24N2O5S. The quantitative estimate of drug-likeness (QED) is 0.480. The van der Waals surface area contributed by atoms with Crippen LogP contribution in [-0.4, -0.2) is 20.1 Å². The zero-order valence-electron chi connectivity index (χ0n) is 17.5. The van der Waals surface area contributed by atoms with E-state index in [2.05, 4.69) is 10.0 Å². The molecule has 3 aromatic rings. The number of anilines is 1. The van der Waals surface area contributed by atoms with Crippen molar-refractivity contribution in [2.24, 2.45) is 0 Å². The van der Waals surface area contributed by atoms with E-state index in [4.69, 9.17) is 4.42 Å². The number of nitrogens with one attached hydrogen (secondary N) is 2. The molecule has 1 heterocycles. The van der Waals surface area contributed by atoms with Crippen LogP contribution in [0.4, 0.5) is 5.69 Å². The zero-order valence-corrected chi connectivity index (χ0v) is 18.3. The Balaban J connectivity index is 1.32. The SMILES string of the molecule is O=C(CCC(=O)c1ccc2c(c1)CCC2)Nc1cccc(S(=O)(=O)NCc2ccco2)c1. The zero-order chi connectivity index (χ0) is 22.6. The Bertz CT molecular complexity index is 1230. The van der Waals surface area contributed by atoms with Crippen LogP contribution in [0.25, 0.3) is 0 Å². The second-order valence-corrected chi connectivity index (χ2v) is 9.51. The highest BCUT2D eigenvalue weighted by molar-refractivity contribution is 7.89. The minimum Gasteiger partial charge on any atom is -0.468 e. The van der Waals surface area contributed by atoms with Gasteiger partial charge in [-0.05, 0) is 66.8 Å². The summed E-state index contributed by atoms with van der Waals surface area (Å²) in [5.74, 6) is 0.0666. The van der Waals surface area contributed by atoms with Crippen molar-refractivity contribution in [1.82, 2.24) is 4.72 Å². The normalized spacial score (nSPS) is 13.0. The molecule has 0 fully saturated rings. The van der Waals surface area contributed by atoms with Crippen LogP contribution in [0.15, 0.2) is 70.2 Å². The molecule has 8 heteroatoms. The lowest BCUT2D eigenvalue weighted by molar-refractivity contribution is -0.116. The van der Waals surface area contributed by atoms with E-state index in [1.807, 2.05) is 18.2 Å². The van der Waals surface area contributed by atoms with E-state index in [-0.39, 0.29) is 36.0 Å². The maximum absolute atomic E-state index is 12.5. The fourth-order valence-electron chi connectivity index (χ4n) is 3.74. The number of benzene rings is 2. The van der Waals surface area contributed by atoms with Crippen molar-refractivity contribution in [2.45, 2.75) is 43.5 Å². The number of amides is 1. The molecule has 0 bridgehead atoms. The van der Waals surface area contributed by atoms with E-state index in [9.17, 15) is 18.0 Å². The van der Waals surface area contributed by atoms with Crippen molar-refractivity contribution in [3.05, 3.63) is 83.3 Å². The number of carbonyl (C=O) groups is 2. The van der Waals surface area contributed by atoms with Crippen LogP contribution >= 0.6 is 0 Å². The summed E-state index contributed by atoms with van der Waals surface area (Å²) >= 11 is 0. The molecule has 1 amide bonds. The van der Waals surface area contributed by atoms with Gasteiger partial charge < -0.3 is 9.73 Å². The van der Waals surface area contributed by atoms with Crippen LogP contribution in [0.1, 0.15) is 46.5 Å². The molecule has 166 valence electrons. The molecule has 2 aromatic carbocycles. The van der Waals surface area contributed by atoms with Crippen LogP contribution in [0, 0.1) is 0 Å². The first-order valence-corrected chi connectivity index (χ1v) is 12.0. The number of carbonyl (C=O) groups excluding carboxylic acids is 2. The molecule has 0 atom stereocenters. The molecule has 4 rings (SSSR count). The number of rotatable bonds is 9. The molecular weight excluding hydrogens is 428 g/mol. The summed E-state index contributed by atoms with van der Waals surface area (Å²) in [6.45, 7) is 0.0245. The molecule has 1 aliphatic carbocycles. The Kier molecular flexibility index (Phi) is 6.53. The van der Waals surface area contributed by atoms with Crippen molar-refractivity contribution in [2.75, 3.05) is 5.32 Å². The molecule has 0 spiro atoms. The van der Waals surface area contributed by atoms with Gasteiger partial charge in [-0.15, -0.1) is 0 Å². The molecule has 0 aliphatic heterocycles. The van der Waals surface area contributed by atoms with Gasteiger partial charge >= 0.3 is 0 Å². The number of hydrogen-bond acceptors (Lipinski definition) is 5. The summed E-state index contributed by atoms with van der Waals surface area (Å²) in [5.41, 5.74) is 3.50. The maximum Gasteiger partial charge on any atom is 0.241 e. The summed E-state index contributed by atoms with van der Waals surface area (Å²) in [6, 6.07) is 15.1.